The number of rotatable bonds is 11. The maximum atomic E-state index is 13.2. The average Bonchev–Trinajstić information content (AvgIpc) is 3.77. The third-order valence-electron chi connectivity index (χ3n) is 6.70. The summed E-state index contributed by atoms with van der Waals surface area (Å²) in [6.45, 7) is 0.332. The van der Waals surface area contributed by atoms with Crippen LogP contribution in [0.3, 0.4) is 0 Å². The summed E-state index contributed by atoms with van der Waals surface area (Å²) in [7, 11) is 1.49. The normalized spacial score (nSPS) is 23.9. The Balaban J connectivity index is 1.66. The molecule has 0 aliphatic heterocycles. The van der Waals surface area contributed by atoms with Gasteiger partial charge in [0.15, 0.2) is 11.5 Å². The molecule has 1 aromatic carbocycles. The van der Waals surface area contributed by atoms with E-state index in [1.54, 1.807) is 23.1 Å². The lowest BCUT2D eigenvalue weighted by atomic mass is 9.87. The van der Waals surface area contributed by atoms with Gasteiger partial charge in [-0.2, -0.15) is 0 Å². The summed E-state index contributed by atoms with van der Waals surface area (Å²) < 4.78 is 12.4. The summed E-state index contributed by atoms with van der Waals surface area (Å²) in [6.07, 6.45) is 3.68. The van der Waals surface area contributed by atoms with Crippen LogP contribution in [0.1, 0.15) is 37.7 Å². The second-order valence-corrected chi connectivity index (χ2v) is 10.7. The predicted molar refractivity (Wildman–Crippen MR) is 136 cm³/mol. The highest BCUT2D eigenvalue weighted by Gasteiger charge is 2.45. The van der Waals surface area contributed by atoms with Gasteiger partial charge in [0.25, 0.3) is 0 Å². The molecule has 0 radical (unpaired) electrons. The SMILES string of the molecule is COc1cc(CO)cc(I)c1OC1C=C(C(=O)NCCO)CC(N(CC2CC2)C(=O)C2CC2)C1O. The first kappa shape index (κ1) is 26.2. The molecule has 35 heavy (non-hydrogen) atoms. The van der Waals surface area contributed by atoms with Gasteiger partial charge in [0.05, 0.1) is 29.9 Å². The van der Waals surface area contributed by atoms with Crippen LogP contribution in [-0.4, -0.2) is 77.1 Å². The lowest BCUT2D eigenvalue weighted by molar-refractivity contribution is -0.140. The smallest absolute Gasteiger partial charge is 0.247 e. The fourth-order valence-corrected chi connectivity index (χ4v) is 5.22. The van der Waals surface area contributed by atoms with E-state index in [1.165, 1.54) is 7.11 Å². The largest absolute Gasteiger partial charge is 0.493 e. The third-order valence-corrected chi connectivity index (χ3v) is 7.50. The number of aliphatic hydroxyl groups excluding tert-OH is 3. The molecule has 4 rings (SSSR count). The highest BCUT2D eigenvalue weighted by Crippen LogP contribution is 2.40. The molecular weight excluding hydrogens is 567 g/mol. The molecule has 3 aliphatic rings. The fraction of sp³-hybridized carbons (Fsp3) is 0.600. The Morgan fingerprint density at radius 1 is 1.20 bits per heavy atom. The number of amides is 2. The highest BCUT2D eigenvalue weighted by molar-refractivity contribution is 14.1. The van der Waals surface area contributed by atoms with Gasteiger partial charge in [-0.3, -0.25) is 9.59 Å². The fourth-order valence-electron chi connectivity index (χ4n) is 4.43. The van der Waals surface area contributed by atoms with Gasteiger partial charge in [0.2, 0.25) is 11.8 Å². The van der Waals surface area contributed by atoms with Crippen molar-refractivity contribution in [3.8, 4) is 11.5 Å². The number of hydrogen-bond donors (Lipinski definition) is 4. The third kappa shape index (κ3) is 6.28. The van der Waals surface area contributed by atoms with Crippen LogP contribution >= 0.6 is 22.6 Å². The van der Waals surface area contributed by atoms with Crippen LogP contribution in [0.15, 0.2) is 23.8 Å². The van der Waals surface area contributed by atoms with Gasteiger partial charge >= 0.3 is 0 Å². The van der Waals surface area contributed by atoms with Gasteiger partial charge < -0.3 is 35.0 Å². The Hall–Kier alpha value is -1.89. The number of nitrogens with one attached hydrogen (secondary N) is 1. The molecule has 2 fully saturated rings. The van der Waals surface area contributed by atoms with Crippen molar-refractivity contribution >= 4 is 34.4 Å². The molecule has 0 saturated heterocycles. The topological polar surface area (TPSA) is 129 Å². The van der Waals surface area contributed by atoms with Crippen LogP contribution in [-0.2, 0) is 16.2 Å². The minimum Gasteiger partial charge on any atom is -0.493 e. The molecule has 3 atom stereocenters. The number of carbonyl (C=O) groups excluding carboxylic acids is 2. The zero-order valence-corrected chi connectivity index (χ0v) is 21.9. The summed E-state index contributed by atoms with van der Waals surface area (Å²) in [6, 6.07) is 2.83. The zero-order chi connectivity index (χ0) is 25.1. The van der Waals surface area contributed by atoms with Crippen LogP contribution < -0.4 is 14.8 Å². The number of benzene rings is 1. The molecule has 3 unspecified atom stereocenters. The monoisotopic (exact) mass is 600 g/mol. The van der Waals surface area contributed by atoms with Crippen LogP contribution in [0.25, 0.3) is 0 Å². The maximum absolute atomic E-state index is 13.2. The standard InChI is InChI=1S/C25H33IN2O7/c1-34-21-9-15(13-30)8-18(26)23(21)35-20-11-17(24(32)27-6-7-29)10-19(22(20)31)28(12-14-2-3-14)25(33)16-4-5-16/h8-9,11,14,16,19-20,22,29-31H,2-7,10,12-13H2,1H3,(H,27,32). The van der Waals surface area contributed by atoms with Gasteiger partial charge in [-0.15, -0.1) is 0 Å². The number of carbonyl (C=O) groups is 2. The summed E-state index contributed by atoms with van der Waals surface area (Å²) in [5, 5.41) is 32.8. The first-order chi connectivity index (χ1) is 16.9. The van der Waals surface area contributed by atoms with Crippen LogP contribution in [0.4, 0.5) is 0 Å². The van der Waals surface area contributed by atoms with Crippen molar-refractivity contribution in [3.63, 3.8) is 0 Å². The summed E-state index contributed by atoms with van der Waals surface area (Å²) in [4.78, 5) is 27.9. The Bertz CT molecular complexity index is 977. The first-order valence-corrected chi connectivity index (χ1v) is 13.2. The van der Waals surface area contributed by atoms with Gasteiger partial charge in [-0.05, 0) is 78.0 Å². The molecule has 2 amide bonds. The van der Waals surface area contributed by atoms with E-state index in [9.17, 15) is 19.8 Å². The number of methoxy groups -OCH3 is 1. The molecule has 0 spiro atoms. The molecule has 1 aromatic rings. The molecule has 3 aliphatic carbocycles. The van der Waals surface area contributed by atoms with Gasteiger partial charge in [-0.1, -0.05) is 0 Å². The first-order valence-electron chi connectivity index (χ1n) is 12.1. The van der Waals surface area contributed by atoms with E-state index in [2.05, 4.69) is 27.9 Å². The number of halogens is 1. The van der Waals surface area contributed by atoms with Crippen LogP contribution in [0.5, 0.6) is 11.5 Å². The highest BCUT2D eigenvalue weighted by atomic mass is 127. The van der Waals surface area contributed by atoms with E-state index in [-0.39, 0.29) is 43.9 Å². The van der Waals surface area contributed by atoms with Crippen molar-refractivity contribution in [3.05, 3.63) is 32.9 Å². The minimum atomic E-state index is -1.05. The lowest BCUT2D eigenvalue weighted by Gasteiger charge is -2.41. The minimum absolute atomic E-state index is 0.00930. The van der Waals surface area contributed by atoms with E-state index in [4.69, 9.17) is 14.6 Å². The molecule has 192 valence electrons. The molecule has 0 aromatic heterocycles. The second kappa shape index (κ2) is 11.4. The van der Waals surface area contributed by atoms with E-state index in [0.717, 1.165) is 25.7 Å². The van der Waals surface area contributed by atoms with E-state index in [0.29, 0.717) is 38.7 Å². The molecule has 9 nitrogen and oxygen atoms in total. The van der Waals surface area contributed by atoms with Crippen LogP contribution in [0.2, 0.25) is 0 Å². The number of aliphatic hydroxyl groups is 3. The van der Waals surface area contributed by atoms with Gasteiger partial charge in [0.1, 0.15) is 12.2 Å². The van der Waals surface area contributed by atoms with Gasteiger partial charge in [-0.25, -0.2) is 0 Å². The Kier molecular flexibility index (Phi) is 8.56. The summed E-state index contributed by atoms with van der Waals surface area (Å²) >= 11 is 2.08. The molecule has 2 saturated carbocycles. The average molecular weight is 600 g/mol. The lowest BCUT2D eigenvalue weighted by Crippen LogP contribution is -2.56. The quantitative estimate of drug-likeness (QED) is 0.283. The Morgan fingerprint density at radius 3 is 2.54 bits per heavy atom. The number of ether oxygens (including phenoxy) is 2. The number of nitrogens with zero attached hydrogens (tertiary/aromatic N) is 1. The zero-order valence-electron chi connectivity index (χ0n) is 19.8. The van der Waals surface area contributed by atoms with Crippen molar-refractivity contribution < 1.29 is 34.4 Å². The molecule has 10 heteroatoms. The van der Waals surface area contributed by atoms with Crippen molar-refractivity contribution in [2.45, 2.75) is 57.0 Å². The Labute approximate surface area is 218 Å². The molecular formula is C25H33IN2O7. The number of hydrogen-bond acceptors (Lipinski definition) is 7. The van der Waals surface area contributed by atoms with Crippen molar-refractivity contribution in [1.29, 1.82) is 0 Å². The second-order valence-electron chi connectivity index (χ2n) is 9.49. The molecule has 4 N–H and O–H groups in total. The summed E-state index contributed by atoms with van der Waals surface area (Å²) in [5.74, 6) is 0.893. The molecule has 0 bridgehead atoms. The van der Waals surface area contributed by atoms with Crippen molar-refractivity contribution in [2.75, 3.05) is 26.8 Å². The van der Waals surface area contributed by atoms with Crippen molar-refractivity contribution in [2.24, 2.45) is 11.8 Å². The Morgan fingerprint density at radius 2 is 1.94 bits per heavy atom. The van der Waals surface area contributed by atoms with Gasteiger partial charge in [0, 0.05) is 31.0 Å². The molecule has 0 heterocycles. The maximum Gasteiger partial charge on any atom is 0.247 e. The van der Waals surface area contributed by atoms with E-state index < -0.39 is 18.2 Å². The predicted octanol–water partition coefficient (Wildman–Crippen LogP) is 1.36. The van der Waals surface area contributed by atoms with Crippen LogP contribution in [0, 0.1) is 15.4 Å². The summed E-state index contributed by atoms with van der Waals surface area (Å²) in [5.41, 5.74) is 1.06. The van der Waals surface area contributed by atoms with Crippen molar-refractivity contribution in [1.82, 2.24) is 10.2 Å². The van der Waals surface area contributed by atoms with E-state index >= 15 is 0 Å². The van der Waals surface area contributed by atoms with E-state index in [1.807, 2.05) is 0 Å².